The van der Waals surface area contributed by atoms with Crippen molar-refractivity contribution in [3.8, 4) is 11.8 Å². The second-order valence-corrected chi connectivity index (χ2v) is 2.83. The van der Waals surface area contributed by atoms with Crippen molar-refractivity contribution in [3.05, 3.63) is 18.0 Å². The summed E-state index contributed by atoms with van der Waals surface area (Å²) < 4.78 is 1.81. The van der Waals surface area contributed by atoms with Crippen LogP contribution >= 0.6 is 0 Å². The number of rotatable bonds is 4. The number of nitrogens with zero attached hydrogens (tertiary/aromatic N) is 2. The molecule has 0 radical (unpaired) electrons. The van der Waals surface area contributed by atoms with Crippen LogP contribution in [0, 0.1) is 11.8 Å². The Morgan fingerprint density at radius 1 is 1.62 bits per heavy atom. The van der Waals surface area contributed by atoms with Gasteiger partial charge >= 0.3 is 0 Å². The van der Waals surface area contributed by atoms with Crippen molar-refractivity contribution >= 4 is 0 Å². The highest BCUT2D eigenvalue weighted by Crippen LogP contribution is 1.92. The monoisotopic (exact) mass is 177 g/mol. The van der Waals surface area contributed by atoms with Crippen LogP contribution in [-0.2, 0) is 13.6 Å². The van der Waals surface area contributed by atoms with Gasteiger partial charge in [0.05, 0.1) is 5.69 Å². The molecular formula is C10H15N3. The first-order valence-corrected chi connectivity index (χ1v) is 4.42. The van der Waals surface area contributed by atoms with Gasteiger partial charge in [0.2, 0.25) is 0 Å². The minimum Gasteiger partial charge on any atom is -0.310 e. The maximum Gasteiger partial charge on any atom is 0.0762 e. The fourth-order valence-electron chi connectivity index (χ4n) is 1.05. The highest BCUT2D eigenvalue weighted by atomic mass is 15.3. The maximum atomic E-state index is 4.25. The van der Waals surface area contributed by atoms with Crippen molar-refractivity contribution in [1.29, 1.82) is 0 Å². The summed E-state index contributed by atoms with van der Waals surface area (Å²) in [6.45, 7) is 3.61. The van der Waals surface area contributed by atoms with Crippen molar-refractivity contribution in [3.63, 3.8) is 0 Å². The molecule has 1 N–H and O–H groups in total. The second kappa shape index (κ2) is 5.39. The molecule has 70 valence electrons. The van der Waals surface area contributed by atoms with Crippen LogP contribution in [0.5, 0.6) is 0 Å². The molecule has 0 aliphatic heterocycles. The zero-order valence-electron chi connectivity index (χ0n) is 8.17. The predicted molar refractivity (Wildman–Crippen MR) is 53.0 cm³/mol. The zero-order chi connectivity index (χ0) is 9.52. The zero-order valence-corrected chi connectivity index (χ0v) is 8.17. The third-order valence-electron chi connectivity index (χ3n) is 1.68. The molecule has 0 aliphatic rings. The Hall–Kier alpha value is -1.27. The van der Waals surface area contributed by atoms with Crippen molar-refractivity contribution in [2.24, 2.45) is 7.05 Å². The molecule has 0 spiro atoms. The molecule has 0 unspecified atom stereocenters. The Kier molecular flexibility index (Phi) is 4.07. The van der Waals surface area contributed by atoms with Gasteiger partial charge in [-0.1, -0.05) is 0 Å². The Morgan fingerprint density at radius 3 is 3.08 bits per heavy atom. The molecule has 0 aliphatic carbocycles. The Balaban J connectivity index is 2.15. The summed E-state index contributed by atoms with van der Waals surface area (Å²) in [4.78, 5) is 0. The topological polar surface area (TPSA) is 29.9 Å². The van der Waals surface area contributed by atoms with Crippen molar-refractivity contribution < 1.29 is 0 Å². The summed E-state index contributed by atoms with van der Waals surface area (Å²) in [7, 11) is 1.92. The summed E-state index contributed by atoms with van der Waals surface area (Å²) in [6.07, 6.45) is 2.85. The van der Waals surface area contributed by atoms with E-state index in [1.807, 2.05) is 30.9 Å². The lowest BCUT2D eigenvalue weighted by molar-refractivity contribution is 0.663. The minimum atomic E-state index is 0.826. The van der Waals surface area contributed by atoms with E-state index in [0.717, 1.165) is 25.2 Å². The molecule has 13 heavy (non-hydrogen) atoms. The lowest BCUT2D eigenvalue weighted by atomic mass is 10.4. The molecule has 3 nitrogen and oxygen atoms in total. The van der Waals surface area contributed by atoms with Gasteiger partial charge in [0, 0.05) is 32.8 Å². The molecule has 0 fully saturated rings. The Morgan fingerprint density at radius 2 is 2.46 bits per heavy atom. The van der Waals surface area contributed by atoms with Crippen LogP contribution in [-0.4, -0.2) is 16.3 Å². The average molecular weight is 177 g/mol. The lowest BCUT2D eigenvalue weighted by Crippen LogP contribution is -2.14. The third-order valence-corrected chi connectivity index (χ3v) is 1.68. The molecule has 1 rings (SSSR count). The van der Waals surface area contributed by atoms with E-state index in [4.69, 9.17) is 0 Å². The second-order valence-electron chi connectivity index (χ2n) is 2.83. The van der Waals surface area contributed by atoms with E-state index in [1.165, 1.54) is 0 Å². The highest BCUT2D eigenvalue weighted by molar-refractivity contribution is 4.99. The normalized spacial score (nSPS) is 9.38. The van der Waals surface area contributed by atoms with Gasteiger partial charge in [0.25, 0.3) is 0 Å². The van der Waals surface area contributed by atoms with Crippen LogP contribution < -0.4 is 5.32 Å². The first-order chi connectivity index (χ1) is 6.33. The highest BCUT2D eigenvalue weighted by Gasteiger charge is 1.93. The van der Waals surface area contributed by atoms with Crippen LogP contribution in [0.25, 0.3) is 0 Å². The molecule has 0 bridgehead atoms. The number of nitrogens with one attached hydrogen (secondary N) is 1. The largest absolute Gasteiger partial charge is 0.310 e. The van der Waals surface area contributed by atoms with Gasteiger partial charge < -0.3 is 5.32 Å². The first-order valence-electron chi connectivity index (χ1n) is 4.42. The Bertz CT molecular complexity index is 303. The smallest absolute Gasteiger partial charge is 0.0762 e. The number of aryl methyl sites for hydroxylation is 1. The van der Waals surface area contributed by atoms with Gasteiger partial charge in [0.15, 0.2) is 0 Å². The number of hydrogen-bond acceptors (Lipinski definition) is 2. The molecule has 0 amide bonds. The van der Waals surface area contributed by atoms with Crippen LogP contribution in [0.2, 0.25) is 0 Å². The quantitative estimate of drug-likeness (QED) is 0.547. The Labute approximate surface area is 79.1 Å². The molecule has 1 aromatic heterocycles. The van der Waals surface area contributed by atoms with Crippen molar-refractivity contribution in [1.82, 2.24) is 15.1 Å². The molecule has 1 heterocycles. The van der Waals surface area contributed by atoms with Crippen molar-refractivity contribution in [2.45, 2.75) is 19.9 Å². The lowest BCUT2D eigenvalue weighted by Gasteiger charge is -1.97. The number of hydrogen-bond donors (Lipinski definition) is 1. The fourth-order valence-corrected chi connectivity index (χ4v) is 1.05. The SMILES string of the molecule is CC#CCCNCc1ccn(C)n1. The molecule has 3 heteroatoms. The summed E-state index contributed by atoms with van der Waals surface area (Å²) in [5.74, 6) is 5.86. The van der Waals surface area contributed by atoms with Gasteiger partial charge in [-0.3, -0.25) is 4.68 Å². The van der Waals surface area contributed by atoms with E-state index in [1.54, 1.807) is 0 Å². The molecular weight excluding hydrogens is 162 g/mol. The summed E-state index contributed by atoms with van der Waals surface area (Å²) in [5.41, 5.74) is 1.08. The third kappa shape index (κ3) is 3.77. The maximum absolute atomic E-state index is 4.25. The summed E-state index contributed by atoms with van der Waals surface area (Å²) in [6, 6.07) is 2.01. The molecule has 0 aromatic carbocycles. The predicted octanol–water partition coefficient (Wildman–Crippen LogP) is 0.923. The van der Waals surface area contributed by atoms with Crippen LogP contribution in [0.4, 0.5) is 0 Å². The molecule has 0 atom stereocenters. The van der Waals surface area contributed by atoms with Crippen LogP contribution in [0.15, 0.2) is 12.3 Å². The number of aromatic nitrogens is 2. The summed E-state index contributed by atoms with van der Waals surface area (Å²) in [5, 5.41) is 7.52. The van der Waals surface area contributed by atoms with Crippen LogP contribution in [0.1, 0.15) is 19.0 Å². The van der Waals surface area contributed by atoms with Gasteiger partial charge in [-0.05, 0) is 13.0 Å². The van der Waals surface area contributed by atoms with Gasteiger partial charge in [0.1, 0.15) is 0 Å². The summed E-state index contributed by atoms with van der Waals surface area (Å²) >= 11 is 0. The molecule has 0 saturated carbocycles. The van der Waals surface area contributed by atoms with E-state index in [2.05, 4.69) is 22.3 Å². The van der Waals surface area contributed by atoms with Crippen LogP contribution in [0.3, 0.4) is 0 Å². The van der Waals surface area contributed by atoms with Gasteiger partial charge in [-0.15, -0.1) is 11.8 Å². The standard InChI is InChI=1S/C10H15N3/c1-3-4-5-7-11-9-10-6-8-13(2)12-10/h6,8,11H,5,7,9H2,1-2H3. The molecule has 0 saturated heterocycles. The van der Waals surface area contributed by atoms with Crippen molar-refractivity contribution in [2.75, 3.05) is 6.54 Å². The van der Waals surface area contributed by atoms with E-state index < -0.39 is 0 Å². The fraction of sp³-hybridized carbons (Fsp3) is 0.500. The molecule has 1 aromatic rings. The van der Waals surface area contributed by atoms with Gasteiger partial charge in [-0.25, -0.2) is 0 Å². The van der Waals surface area contributed by atoms with E-state index >= 15 is 0 Å². The van der Waals surface area contributed by atoms with E-state index in [9.17, 15) is 0 Å². The van der Waals surface area contributed by atoms with Gasteiger partial charge in [-0.2, -0.15) is 5.10 Å². The first kappa shape index (κ1) is 9.82. The van der Waals surface area contributed by atoms with E-state index in [-0.39, 0.29) is 0 Å². The average Bonchev–Trinajstić information content (AvgIpc) is 2.51. The minimum absolute atomic E-state index is 0.826. The van der Waals surface area contributed by atoms with E-state index in [0.29, 0.717) is 0 Å².